The third-order valence-electron chi connectivity index (χ3n) is 17.4. The molecule has 0 aromatic heterocycles. The summed E-state index contributed by atoms with van der Waals surface area (Å²) >= 11 is 0. The minimum atomic E-state index is -1.66. The summed E-state index contributed by atoms with van der Waals surface area (Å²) in [6.45, 7) is 12.2. The van der Waals surface area contributed by atoms with Gasteiger partial charge in [-0.1, -0.05) is 19.9 Å². The van der Waals surface area contributed by atoms with E-state index in [4.69, 9.17) is 47.4 Å². The van der Waals surface area contributed by atoms with Gasteiger partial charge in [0, 0.05) is 43.5 Å². The molecule has 4 saturated carbocycles. The van der Waals surface area contributed by atoms with E-state index in [1.54, 1.807) is 40.9 Å². The third kappa shape index (κ3) is 7.48. The first kappa shape index (κ1) is 48.7. The number of carbonyl (C=O) groups excluding carboxylic acids is 2. The van der Waals surface area contributed by atoms with E-state index >= 15 is 0 Å². The first-order valence-electron chi connectivity index (χ1n) is 23.3. The number of esters is 1. The van der Waals surface area contributed by atoms with Crippen molar-refractivity contribution in [1.29, 1.82) is 0 Å². The average molecular weight is 913 g/mol. The maximum atomic E-state index is 13.5. The van der Waals surface area contributed by atoms with Crippen LogP contribution in [0.25, 0.3) is 0 Å². The molecule has 0 bridgehead atoms. The normalized spacial score (nSPS) is 53.6. The van der Waals surface area contributed by atoms with E-state index in [1.807, 2.05) is 13.8 Å². The van der Waals surface area contributed by atoms with Crippen molar-refractivity contribution in [3.8, 4) is 0 Å². The van der Waals surface area contributed by atoms with E-state index in [2.05, 4.69) is 6.92 Å². The Bertz CT molecular complexity index is 1750. The number of ketones is 1. The molecule has 2 spiro atoms. The Labute approximate surface area is 375 Å². The predicted octanol–water partition coefficient (Wildman–Crippen LogP) is 1.19. The highest BCUT2D eigenvalue weighted by Gasteiger charge is 2.91. The van der Waals surface area contributed by atoms with E-state index in [0.717, 1.165) is 25.7 Å². The van der Waals surface area contributed by atoms with Gasteiger partial charge in [-0.2, -0.15) is 0 Å². The van der Waals surface area contributed by atoms with Crippen molar-refractivity contribution < 1.29 is 87.6 Å². The van der Waals surface area contributed by atoms with Crippen molar-refractivity contribution >= 4 is 11.8 Å². The molecule has 24 atom stereocenters. The Morgan fingerprint density at radius 1 is 0.750 bits per heavy atom. The van der Waals surface area contributed by atoms with Gasteiger partial charge in [0.1, 0.15) is 78.0 Å². The lowest BCUT2D eigenvalue weighted by molar-refractivity contribution is -0.371. The zero-order valence-electron chi connectivity index (χ0n) is 38.6. The summed E-state index contributed by atoms with van der Waals surface area (Å²) in [6.07, 6.45) is -10.4. The molecule has 64 heavy (non-hydrogen) atoms. The van der Waals surface area contributed by atoms with E-state index in [9.17, 15) is 40.2 Å². The molecule has 364 valence electrons. The smallest absolute Gasteiger partial charge is 0.333 e. The van der Waals surface area contributed by atoms with E-state index in [-0.39, 0.29) is 29.1 Å². The number of rotatable bonds is 12. The predicted molar refractivity (Wildman–Crippen MR) is 221 cm³/mol. The van der Waals surface area contributed by atoms with Crippen LogP contribution in [0.5, 0.6) is 0 Å². The molecule has 18 nitrogen and oxygen atoms in total. The minimum Gasteiger partial charge on any atom is -0.456 e. The van der Waals surface area contributed by atoms with Crippen LogP contribution in [0, 0.1) is 28.6 Å². The third-order valence-corrected chi connectivity index (χ3v) is 17.4. The first-order valence-corrected chi connectivity index (χ1v) is 23.3. The fourth-order valence-corrected chi connectivity index (χ4v) is 13.8. The fourth-order valence-electron chi connectivity index (χ4n) is 13.8. The molecule has 4 aliphatic carbocycles. The van der Waals surface area contributed by atoms with Crippen LogP contribution < -0.4 is 0 Å². The number of ether oxygens (including phenoxy) is 10. The zero-order chi connectivity index (χ0) is 46.4. The van der Waals surface area contributed by atoms with Gasteiger partial charge >= 0.3 is 5.97 Å². The van der Waals surface area contributed by atoms with Crippen LogP contribution in [0.3, 0.4) is 0 Å². The number of Topliss-reactive ketones (excluding diaryl/α,β-unsaturated/α-hetero) is 1. The summed E-state index contributed by atoms with van der Waals surface area (Å²) in [5, 5.41) is 64.6. The Morgan fingerprint density at radius 3 is 2.09 bits per heavy atom. The van der Waals surface area contributed by atoms with Crippen LogP contribution in [0.15, 0.2) is 11.6 Å². The van der Waals surface area contributed by atoms with Crippen molar-refractivity contribution in [3.63, 3.8) is 0 Å². The lowest BCUT2D eigenvalue weighted by Gasteiger charge is -2.61. The number of hydrogen-bond acceptors (Lipinski definition) is 18. The highest BCUT2D eigenvalue weighted by atomic mass is 16.8. The highest BCUT2D eigenvalue weighted by Crippen LogP contribution is 2.81. The summed E-state index contributed by atoms with van der Waals surface area (Å²) in [4.78, 5) is 26.6. The summed E-state index contributed by atoms with van der Waals surface area (Å²) < 4.78 is 62.2. The van der Waals surface area contributed by atoms with Crippen molar-refractivity contribution in [2.24, 2.45) is 28.6 Å². The van der Waals surface area contributed by atoms with Gasteiger partial charge in [0.2, 0.25) is 0 Å². The van der Waals surface area contributed by atoms with Gasteiger partial charge in [-0.25, -0.2) is 4.79 Å². The molecule has 4 heterocycles. The summed E-state index contributed by atoms with van der Waals surface area (Å²) in [7, 11) is 2.95. The monoisotopic (exact) mass is 912 g/mol. The van der Waals surface area contributed by atoms with Gasteiger partial charge in [-0.3, -0.25) is 4.79 Å². The molecule has 6 N–H and O–H groups in total. The SMILES string of the molecule is C/C=C(\C)C(=O)O[C@@H]1[C@@H](O)[C@]2(C)[C@@H](C(C)=O)CC[C@@]23O[C@]32CC[C@H]3C[C@@H](O[C@H]4C[C@@H](OC)[C@H](O[C@@H]5O[C@H](C)[C@@H](O[C@@H]6O[C@H](CO)[C@@H](O)[C@H](O)[C@H]6O)[C@@H](OC)[C@H]5O)[C@@H](C)O4)CC[C@]3(C)[C@@H]12. The van der Waals surface area contributed by atoms with Gasteiger partial charge in [-0.05, 0) is 90.9 Å². The standard InChI is InChI=1S/C46H72O18/c1-10-20(2)40(54)61-37-38-43(6)14-12-25(17-24(43)11-15-45(38)46(64-45)16-13-26(21(3)48)44(46,7)39(37)53)59-29-18-27(55-8)34(22(4)57-29)62-42-33(52)36(56-9)35(23(5)58-42)63-41-32(51)31(50)30(49)28(19-47)60-41/h10,22-39,41-42,47,49-53H,11-19H2,1-9H3/b20-10+/t22-,23-,24+,25+,26-,27-,28-,29+,30-,31+,32-,33-,34-,35-,36+,37+,38-,39-,41+,42+,43+,44+,45+,46-/m1/s1. The van der Waals surface area contributed by atoms with Crippen LogP contribution >= 0.6 is 0 Å². The molecule has 0 radical (unpaired) electrons. The fraction of sp³-hybridized carbons (Fsp3) is 0.913. The largest absolute Gasteiger partial charge is 0.456 e. The van der Waals surface area contributed by atoms with Crippen molar-refractivity contribution in [2.75, 3.05) is 20.8 Å². The van der Waals surface area contributed by atoms with Gasteiger partial charge in [-0.15, -0.1) is 0 Å². The average Bonchev–Trinajstić information content (AvgIpc) is 3.81. The molecule has 4 saturated heterocycles. The van der Waals surface area contributed by atoms with Crippen LogP contribution in [0.2, 0.25) is 0 Å². The number of hydrogen-bond donors (Lipinski definition) is 6. The lowest BCUT2D eigenvalue weighted by atomic mass is 9.43. The second-order valence-corrected chi connectivity index (χ2v) is 20.4. The number of carbonyl (C=O) groups is 2. The molecule has 4 aliphatic heterocycles. The quantitative estimate of drug-likeness (QED) is 0.0697. The van der Waals surface area contributed by atoms with Crippen LogP contribution in [0.1, 0.15) is 99.8 Å². The molecule has 0 unspecified atom stereocenters. The van der Waals surface area contributed by atoms with Crippen LogP contribution in [0.4, 0.5) is 0 Å². The van der Waals surface area contributed by atoms with E-state index in [0.29, 0.717) is 31.3 Å². The molecule has 0 aromatic rings. The number of allylic oxidation sites excluding steroid dienone is 1. The number of epoxide rings is 1. The lowest BCUT2D eigenvalue weighted by Crippen LogP contribution is -2.70. The molecule has 0 amide bonds. The topological polar surface area (TPSA) is 251 Å². The van der Waals surface area contributed by atoms with Crippen molar-refractivity contribution in [2.45, 2.75) is 215 Å². The van der Waals surface area contributed by atoms with Gasteiger partial charge in [0.05, 0.1) is 31.0 Å². The van der Waals surface area contributed by atoms with E-state index < -0.39 is 133 Å². The summed E-state index contributed by atoms with van der Waals surface area (Å²) in [5.74, 6) is -0.964. The van der Waals surface area contributed by atoms with Gasteiger partial charge in [0.15, 0.2) is 18.9 Å². The zero-order valence-corrected chi connectivity index (χ0v) is 38.6. The maximum Gasteiger partial charge on any atom is 0.333 e. The molecule has 8 fully saturated rings. The van der Waals surface area contributed by atoms with Crippen molar-refractivity contribution in [3.05, 3.63) is 11.6 Å². The Hall–Kier alpha value is -1.72. The molecule has 8 rings (SSSR count). The molecular weight excluding hydrogens is 840 g/mol. The number of aliphatic hydroxyl groups excluding tert-OH is 6. The van der Waals surface area contributed by atoms with Gasteiger partial charge in [0.25, 0.3) is 0 Å². The highest BCUT2D eigenvalue weighted by molar-refractivity contribution is 5.88. The number of methoxy groups -OCH3 is 2. The summed E-state index contributed by atoms with van der Waals surface area (Å²) in [6, 6.07) is 0. The van der Waals surface area contributed by atoms with Crippen molar-refractivity contribution in [1.82, 2.24) is 0 Å². The Morgan fingerprint density at radius 2 is 1.44 bits per heavy atom. The molecule has 0 aromatic carbocycles. The Balaban J connectivity index is 0.920. The van der Waals surface area contributed by atoms with Gasteiger partial charge < -0.3 is 78.0 Å². The second-order valence-electron chi connectivity index (χ2n) is 20.4. The first-order chi connectivity index (χ1) is 30.3. The molecular formula is C46H72O18. The Kier molecular flexibility index (Phi) is 13.7. The second kappa shape index (κ2) is 18.0. The number of fused-ring (bicyclic) bond motifs is 2. The van der Waals surface area contributed by atoms with Crippen LogP contribution in [-0.4, -0.2) is 179 Å². The molecule has 8 aliphatic rings. The van der Waals surface area contributed by atoms with Crippen LogP contribution in [-0.2, 0) is 57.0 Å². The summed E-state index contributed by atoms with van der Waals surface area (Å²) in [5.41, 5.74) is -2.07. The van der Waals surface area contributed by atoms with E-state index in [1.165, 1.54) is 7.11 Å². The maximum absolute atomic E-state index is 13.5. The molecule has 18 heteroatoms. The number of aliphatic hydroxyl groups is 6. The minimum absolute atomic E-state index is 0.0215.